The third kappa shape index (κ3) is 4.99. The fourth-order valence-corrected chi connectivity index (χ4v) is 3.09. The monoisotopic (exact) mass is 300 g/mol. The molecule has 0 aliphatic carbocycles. The molecule has 1 aliphatic heterocycles. The molecule has 6 nitrogen and oxygen atoms in total. The minimum absolute atomic E-state index is 0.0755. The summed E-state index contributed by atoms with van der Waals surface area (Å²) in [6.45, 7) is 1.25. The van der Waals surface area contributed by atoms with Gasteiger partial charge in [-0.05, 0) is 37.1 Å². The molecule has 112 valence electrons. The molecule has 0 aromatic heterocycles. The Kier molecular flexibility index (Phi) is 5.22. The molecule has 3 N–H and O–H groups in total. The van der Waals surface area contributed by atoms with E-state index in [2.05, 4.69) is 4.72 Å². The van der Waals surface area contributed by atoms with Crippen molar-refractivity contribution in [3.8, 4) is 5.75 Å². The quantitative estimate of drug-likeness (QED) is 0.756. The van der Waals surface area contributed by atoms with E-state index in [1.807, 2.05) is 0 Å². The standard InChI is InChI=1S/C13H20N2O4S/c14-11-3-5-13(6-4-11)19-8-9-20(16,17)15-12-2-1-7-18-10-12/h3-6,12,15H,1-2,7-10,14H2. The maximum Gasteiger partial charge on any atom is 0.215 e. The van der Waals surface area contributed by atoms with Crippen molar-refractivity contribution in [3.63, 3.8) is 0 Å². The zero-order chi connectivity index (χ0) is 14.4. The number of hydrogen-bond acceptors (Lipinski definition) is 5. The second-order valence-corrected chi connectivity index (χ2v) is 6.64. The first-order chi connectivity index (χ1) is 9.55. The van der Waals surface area contributed by atoms with E-state index in [1.165, 1.54) is 0 Å². The highest BCUT2D eigenvalue weighted by molar-refractivity contribution is 7.89. The lowest BCUT2D eigenvalue weighted by Crippen LogP contribution is -2.42. The molecule has 2 rings (SSSR count). The van der Waals surface area contributed by atoms with Crippen LogP contribution in [-0.4, -0.2) is 40.0 Å². The fourth-order valence-electron chi connectivity index (χ4n) is 1.98. The minimum atomic E-state index is -3.34. The average molecular weight is 300 g/mol. The van der Waals surface area contributed by atoms with Crippen molar-refractivity contribution in [2.75, 3.05) is 31.3 Å². The molecule has 1 aliphatic rings. The van der Waals surface area contributed by atoms with Gasteiger partial charge in [-0.3, -0.25) is 0 Å². The third-order valence-electron chi connectivity index (χ3n) is 3.01. The average Bonchev–Trinajstić information content (AvgIpc) is 2.41. The van der Waals surface area contributed by atoms with E-state index < -0.39 is 10.0 Å². The number of nitrogen functional groups attached to an aromatic ring is 1. The van der Waals surface area contributed by atoms with E-state index in [0.717, 1.165) is 12.8 Å². The molecule has 1 atom stereocenters. The number of ether oxygens (including phenoxy) is 2. The second-order valence-electron chi connectivity index (χ2n) is 4.77. The fraction of sp³-hybridized carbons (Fsp3) is 0.538. The van der Waals surface area contributed by atoms with Gasteiger partial charge >= 0.3 is 0 Å². The van der Waals surface area contributed by atoms with Crippen LogP contribution in [0, 0.1) is 0 Å². The second kappa shape index (κ2) is 6.92. The van der Waals surface area contributed by atoms with E-state index in [1.54, 1.807) is 24.3 Å². The van der Waals surface area contributed by atoms with E-state index in [0.29, 0.717) is 24.7 Å². The van der Waals surface area contributed by atoms with Crippen molar-refractivity contribution in [2.24, 2.45) is 0 Å². The molecule has 0 radical (unpaired) electrons. The molecule has 1 heterocycles. The van der Waals surface area contributed by atoms with Crippen molar-refractivity contribution in [1.29, 1.82) is 0 Å². The van der Waals surface area contributed by atoms with Crippen molar-refractivity contribution in [1.82, 2.24) is 4.72 Å². The molecule has 20 heavy (non-hydrogen) atoms. The van der Waals surface area contributed by atoms with Gasteiger partial charge in [-0.25, -0.2) is 13.1 Å². The first-order valence-electron chi connectivity index (χ1n) is 6.61. The number of hydrogen-bond donors (Lipinski definition) is 2. The summed E-state index contributed by atoms with van der Waals surface area (Å²) in [4.78, 5) is 0. The Balaban J connectivity index is 1.75. The van der Waals surface area contributed by atoms with Crippen molar-refractivity contribution < 1.29 is 17.9 Å². The largest absolute Gasteiger partial charge is 0.492 e. The topological polar surface area (TPSA) is 90.7 Å². The van der Waals surface area contributed by atoms with Crippen LogP contribution >= 0.6 is 0 Å². The molecule has 1 fully saturated rings. The summed E-state index contributed by atoms with van der Waals surface area (Å²) in [6.07, 6.45) is 1.70. The number of nitrogens with one attached hydrogen (secondary N) is 1. The van der Waals surface area contributed by atoms with Crippen LogP contribution in [0.25, 0.3) is 0 Å². The lowest BCUT2D eigenvalue weighted by molar-refractivity contribution is 0.0774. The van der Waals surface area contributed by atoms with Crippen LogP contribution in [-0.2, 0) is 14.8 Å². The lowest BCUT2D eigenvalue weighted by Gasteiger charge is -2.22. The Labute approximate surface area is 119 Å². The minimum Gasteiger partial charge on any atom is -0.492 e. The predicted molar refractivity (Wildman–Crippen MR) is 77.1 cm³/mol. The Morgan fingerprint density at radius 2 is 2.10 bits per heavy atom. The van der Waals surface area contributed by atoms with E-state index in [-0.39, 0.29) is 18.4 Å². The highest BCUT2D eigenvalue weighted by Crippen LogP contribution is 2.13. The van der Waals surface area contributed by atoms with Crippen molar-refractivity contribution in [2.45, 2.75) is 18.9 Å². The third-order valence-corrected chi connectivity index (χ3v) is 4.40. The Bertz CT molecular complexity index is 510. The van der Waals surface area contributed by atoms with E-state index in [9.17, 15) is 8.42 Å². The lowest BCUT2D eigenvalue weighted by atomic mass is 10.1. The summed E-state index contributed by atoms with van der Waals surface area (Å²) in [5, 5.41) is 0. The van der Waals surface area contributed by atoms with Crippen molar-refractivity contribution >= 4 is 15.7 Å². The number of nitrogens with two attached hydrogens (primary N) is 1. The van der Waals surface area contributed by atoms with Crippen LogP contribution in [0.2, 0.25) is 0 Å². The van der Waals surface area contributed by atoms with Gasteiger partial charge in [0, 0.05) is 18.3 Å². The van der Waals surface area contributed by atoms with Gasteiger partial charge in [-0.15, -0.1) is 0 Å². The SMILES string of the molecule is Nc1ccc(OCCS(=O)(=O)NC2CCCOC2)cc1. The van der Waals surface area contributed by atoms with Gasteiger partial charge in [0.2, 0.25) is 10.0 Å². The number of benzene rings is 1. The van der Waals surface area contributed by atoms with Crippen LogP contribution in [0.5, 0.6) is 5.75 Å². The molecule has 0 amide bonds. The van der Waals surface area contributed by atoms with Gasteiger partial charge in [0.1, 0.15) is 12.4 Å². The summed E-state index contributed by atoms with van der Waals surface area (Å²) >= 11 is 0. The van der Waals surface area contributed by atoms with Gasteiger partial charge in [-0.1, -0.05) is 0 Å². The zero-order valence-electron chi connectivity index (χ0n) is 11.2. The molecule has 0 spiro atoms. The van der Waals surface area contributed by atoms with Gasteiger partial charge in [-0.2, -0.15) is 0 Å². The number of rotatable bonds is 6. The maximum absolute atomic E-state index is 11.9. The van der Waals surface area contributed by atoms with Crippen LogP contribution in [0.15, 0.2) is 24.3 Å². The van der Waals surface area contributed by atoms with E-state index >= 15 is 0 Å². The number of sulfonamides is 1. The molecule has 1 aromatic rings. The van der Waals surface area contributed by atoms with Gasteiger partial charge in [0.15, 0.2) is 0 Å². The molecule has 1 unspecified atom stereocenters. The first kappa shape index (κ1) is 15.1. The van der Waals surface area contributed by atoms with Crippen LogP contribution < -0.4 is 15.2 Å². The normalized spacial score (nSPS) is 19.7. The molecular weight excluding hydrogens is 280 g/mol. The number of anilines is 1. The molecule has 1 saturated heterocycles. The highest BCUT2D eigenvalue weighted by atomic mass is 32.2. The molecule has 7 heteroatoms. The highest BCUT2D eigenvalue weighted by Gasteiger charge is 2.20. The van der Waals surface area contributed by atoms with Crippen molar-refractivity contribution in [3.05, 3.63) is 24.3 Å². The molecular formula is C13H20N2O4S. The van der Waals surface area contributed by atoms with Crippen LogP contribution in [0.4, 0.5) is 5.69 Å². The van der Waals surface area contributed by atoms with Gasteiger partial charge < -0.3 is 15.2 Å². The summed E-state index contributed by atoms with van der Waals surface area (Å²) < 4.78 is 37.0. The van der Waals surface area contributed by atoms with Gasteiger partial charge in [0.05, 0.1) is 12.4 Å². The summed E-state index contributed by atoms with van der Waals surface area (Å²) in [5.74, 6) is 0.531. The Morgan fingerprint density at radius 3 is 2.75 bits per heavy atom. The smallest absolute Gasteiger partial charge is 0.215 e. The summed E-state index contributed by atoms with van der Waals surface area (Å²) in [6, 6.07) is 6.72. The predicted octanol–water partition coefficient (Wildman–Crippen LogP) is 0.746. The summed E-state index contributed by atoms with van der Waals surface area (Å²) in [5.41, 5.74) is 6.20. The Hall–Kier alpha value is -1.31. The zero-order valence-corrected chi connectivity index (χ0v) is 12.1. The molecule has 1 aromatic carbocycles. The van der Waals surface area contributed by atoms with Crippen LogP contribution in [0.1, 0.15) is 12.8 Å². The van der Waals surface area contributed by atoms with Gasteiger partial charge in [0.25, 0.3) is 0 Å². The molecule has 0 saturated carbocycles. The van der Waals surface area contributed by atoms with E-state index in [4.69, 9.17) is 15.2 Å². The first-order valence-corrected chi connectivity index (χ1v) is 8.26. The van der Waals surface area contributed by atoms with Crippen LogP contribution in [0.3, 0.4) is 0 Å². The summed E-state index contributed by atoms with van der Waals surface area (Å²) in [7, 11) is -3.34. The molecule has 0 bridgehead atoms. The maximum atomic E-state index is 11.9. The Morgan fingerprint density at radius 1 is 1.35 bits per heavy atom.